The van der Waals surface area contributed by atoms with Gasteiger partial charge in [0, 0.05) is 44.2 Å². The van der Waals surface area contributed by atoms with Crippen molar-refractivity contribution in [1.82, 2.24) is 4.57 Å². The molecule has 142 valence electrons. The van der Waals surface area contributed by atoms with Gasteiger partial charge in [0.05, 0.1) is 10.2 Å². The fraction of sp³-hybridized carbons (Fsp3) is 0.300. The van der Waals surface area contributed by atoms with Crippen molar-refractivity contribution in [3.63, 3.8) is 0 Å². The molecule has 0 saturated heterocycles. The summed E-state index contributed by atoms with van der Waals surface area (Å²) in [4.78, 5) is 11.1. The molecule has 0 aliphatic rings. The molecular weight excluding hydrogens is 364 g/mol. The molecule has 3 aromatic rings. The molecule has 2 aromatic carbocycles. The molecule has 1 aromatic heterocycles. The third-order valence-corrected chi connectivity index (χ3v) is 5.72. The number of nitro benzene ring substituents is 1. The Morgan fingerprint density at radius 2 is 1.81 bits per heavy atom. The van der Waals surface area contributed by atoms with Crippen LogP contribution in [-0.4, -0.2) is 35.2 Å². The van der Waals surface area contributed by atoms with Crippen LogP contribution in [0.2, 0.25) is 0 Å². The van der Waals surface area contributed by atoms with E-state index in [0.29, 0.717) is 12.1 Å². The lowest BCUT2D eigenvalue weighted by Crippen LogP contribution is -2.31. The van der Waals surface area contributed by atoms with Gasteiger partial charge in [0.25, 0.3) is 5.69 Å². The zero-order chi connectivity index (χ0) is 19.2. The Morgan fingerprint density at radius 3 is 2.48 bits per heavy atom. The van der Waals surface area contributed by atoms with E-state index in [1.807, 2.05) is 41.1 Å². The largest absolute Gasteiger partial charge is 0.355 e. The SMILES string of the molecule is COC(OC)C(Cn1ccc2cccc([N+](=O)[O-])c21)SCc1ccccc1. The van der Waals surface area contributed by atoms with Crippen LogP contribution in [0, 0.1) is 10.1 Å². The zero-order valence-corrected chi connectivity index (χ0v) is 16.1. The lowest BCUT2D eigenvalue weighted by Gasteiger charge is -2.25. The van der Waals surface area contributed by atoms with Crippen LogP contribution in [0.5, 0.6) is 0 Å². The van der Waals surface area contributed by atoms with Gasteiger partial charge in [0.2, 0.25) is 0 Å². The lowest BCUT2D eigenvalue weighted by molar-refractivity contribution is -0.383. The minimum atomic E-state index is -0.418. The number of non-ortho nitro benzene ring substituents is 1. The van der Waals surface area contributed by atoms with E-state index in [1.54, 1.807) is 32.0 Å². The summed E-state index contributed by atoms with van der Waals surface area (Å²) in [5, 5.41) is 12.3. The number of nitrogens with zero attached hydrogens (tertiary/aromatic N) is 2. The van der Waals surface area contributed by atoms with E-state index in [1.165, 1.54) is 11.6 Å². The number of benzene rings is 2. The summed E-state index contributed by atoms with van der Waals surface area (Å²) in [6, 6.07) is 17.2. The van der Waals surface area contributed by atoms with E-state index in [-0.39, 0.29) is 15.9 Å². The topological polar surface area (TPSA) is 66.5 Å². The van der Waals surface area contributed by atoms with E-state index in [9.17, 15) is 10.1 Å². The van der Waals surface area contributed by atoms with Gasteiger partial charge < -0.3 is 14.0 Å². The second kappa shape index (κ2) is 9.03. The summed E-state index contributed by atoms with van der Waals surface area (Å²) in [6.07, 6.45) is 1.47. The van der Waals surface area contributed by atoms with Crippen molar-refractivity contribution in [1.29, 1.82) is 0 Å². The van der Waals surface area contributed by atoms with Crippen molar-refractivity contribution < 1.29 is 14.4 Å². The van der Waals surface area contributed by atoms with Gasteiger partial charge >= 0.3 is 0 Å². The summed E-state index contributed by atoms with van der Waals surface area (Å²) in [6.45, 7) is 0.540. The molecule has 0 aliphatic heterocycles. The van der Waals surface area contributed by atoms with Crippen molar-refractivity contribution in [2.24, 2.45) is 0 Å². The van der Waals surface area contributed by atoms with Gasteiger partial charge in [-0.1, -0.05) is 42.5 Å². The number of aromatic nitrogens is 1. The van der Waals surface area contributed by atoms with Gasteiger partial charge in [-0.15, -0.1) is 11.8 Å². The van der Waals surface area contributed by atoms with E-state index < -0.39 is 6.29 Å². The second-order valence-electron chi connectivity index (χ2n) is 6.12. The van der Waals surface area contributed by atoms with Crippen LogP contribution < -0.4 is 0 Å². The molecule has 0 amide bonds. The highest BCUT2D eigenvalue weighted by Crippen LogP contribution is 2.30. The monoisotopic (exact) mass is 386 g/mol. The van der Waals surface area contributed by atoms with Gasteiger partial charge in [-0.05, 0) is 11.6 Å². The van der Waals surface area contributed by atoms with Gasteiger partial charge in [-0.3, -0.25) is 10.1 Å². The van der Waals surface area contributed by atoms with Crippen molar-refractivity contribution in [3.05, 3.63) is 76.5 Å². The predicted octanol–water partition coefficient (Wildman–Crippen LogP) is 4.47. The molecule has 1 heterocycles. The van der Waals surface area contributed by atoms with Crippen LogP contribution in [0.3, 0.4) is 0 Å². The predicted molar refractivity (Wildman–Crippen MR) is 108 cm³/mol. The first-order valence-corrected chi connectivity index (χ1v) is 9.62. The maximum atomic E-state index is 11.4. The molecular formula is C20H22N2O4S. The van der Waals surface area contributed by atoms with E-state index in [0.717, 1.165) is 11.1 Å². The third kappa shape index (κ3) is 4.50. The molecule has 0 fully saturated rings. The quantitative estimate of drug-likeness (QED) is 0.308. The van der Waals surface area contributed by atoms with E-state index in [2.05, 4.69) is 12.1 Å². The smallest absolute Gasteiger partial charge is 0.293 e. The number of rotatable bonds is 9. The van der Waals surface area contributed by atoms with Crippen LogP contribution in [0.4, 0.5) is 5.69 Å². The highest BCUT2D eigenvalue weighted by molar-refractivity contribution is 7.99. The maximum absolute atomic E-state index is 11.4. The molecule has 0 aliphatic carbocycles. The molecule has 27 heavy (non-hydrogen) atoms. The zero-order valence-electron chi connectivity index (χ0n) is 15.3. The number of methoxy groups -OCH3 is 2. The number of fused-ring (bicyclic) bond motifs is 1. The second-order valence-corrected chi connectivity index (χ2v) is 7.34. The molecule has 0 radical (unpaired) electrons. The Bertz CT molecular complexity index is 893. The number of thioether (sulfide) groups is 1. The van der Waals surface area contributed by atoms with Gasteiger partial charge in [0.15, 0.2) is 6.29 Å². The summed E-state index contributed by atoms with van der Waals surface area (Å²) >= 11 is 1.71. The van der Waals surface area contributed by atoms with Crippen LogP contribution in [0.15, 0.2) is 60.8 Å². The van der Waals surface area contributed by atoms with E-state index >= 15 is 0 Å². The molecule has 1 unspecified atom stereocenters. The Morgan fingerprint density at radius 1 is 1.07 bits per heavy atom. The molecule has 0 bridgehead atoms. The highest BCUT2D eigenvalue weighted by atomic mass is 32.2. The van der Waals surface area contributed by atoms with E-state index in [4.69, 9.17) is 9.47 Å². The standard InChI is InChI=1S/C20H22N2O4S/c1-25-20(26-2)18(27-14-15-7-4-3-5-8-15)13-21-12-11-16-9-6-10-17(19(16)21)22(23)24/h3-12,18,20H,13-14H2,1-2H3. The number of nitro groups is 1. The van der Waals surface area contributed by atoms with Crippen molar-refractivity contribution in [2.75, 3.05) is 14.2 Å². The Balaban J connectivity index is 1.87. The van der Waals surface area contributed by atoms with Crippen molar-refractivity contribution >= 4 is 28.4 Å². The van der Waals surface area contributed by atoms with Crippen LogP contribution in [-0.2, 0) is 21.8 Å². The lowest BCUT2D eigenvalue weighted by atomic mass is 10.2. The molecule has 0 spiro atoms. The molecule has 1 atom stereocenters. The molecule has 6 nitrogen and oxygen atoms in total. The maximum Gasteiger partial charge on any atom is 0.293 e. The summed E-state index contributed by atoms with van der Waals surface area (Å²) in [5.41, 5.74) is 1.94. The number of hydrogen-bond donors (Lipinski definition) is 0. The van der Waals surface area contributed by atoms with Crippen LogP contribution in [0.1, 0.15) is 5.56 Å². The summed E-state index contributed by atoms with van der Waals surface area (Å²) in [5.74, 6) is 0.802. The Kier molecular flexibility index (Phi) is 6.49. The van der Waals surface area contributed by atoms with Crippen molar-refractivity contribution in [3.8, 4) is 0 Å². The first-order chi connectivity index (χ1) is 13.1. The average Bonchev–Trinajstić information content (AvgIpc) is 3.10. The van der Waals surface area contributed by atoms with Crippen LogP contribution in [0.25, 0.3) is 10.9 Å². The summed E-state index contributed by atoms with van der Waals surface area (Å²) in [7, 11) is 3.22. The minimum Gasteiger partial charge on any atom is -0.355 e. The van der Waals surface area contributed by atoms with Crippen molar-refractivity contribution in [2.45, 2.75) is 23.8 Å². The first kappa shape index (κ1) is 19.4. The summed E-state index contributed by atoms with van der Waals surface area (Å²) < 4.78 is 12.9. The molecule has 3 rings (SSSR count). The molecule has 0 N–H and O–H groups in total. The fourth-order valence-corrected chi connectivity index (χ4v) is 4.37. The average molecular weight is 386 g/mol. The minimum absolute atomic E-state index is 0.0318. The number of para-hydroxylation sites is 1. The van der Waals surface area contributed by atoms with Crippen LogP contribution >= 0.6 is 11.8 Å². The molecule has 7 heteroatoms. The Hall–Kier alpha value is -2.35. The number of ether oxygens (including phenoxy) is 2. The number of hydrogen-bond acceptors (Lipinski definition) is 5. The van der Waals surface area contributed by atoms with Gasteiger partial charge in [-0.25, -0.2) is 0 Å². The highest BCUT2D eigenvalue weighted by Gasteiger charge is 2.24. The fourth-order valence-electron chi connectivity index (χ4n) is 3.13. The first-order valence-electron chi connectivity index (χ1n) is 8.57. The normalized spacial score (nSPS) is 12.6. The van der Waals surface area contributed by atoms with Gasteiger partial charge in [-0.2, -0.15) is 0 Å². The third-order valence-electron chi connectivity index (χ3n) is 4.42. The van der Waals surface area contributed by atoms with Gasteiger partial charge in [0.1, 0.15) is 5.52 Å². The molecule has 0 saturated carbocycles. The Labute approximate surface area is 162 Å².